The smallest absolute Gasteiger partial charge is 0.207 e. The number of nitrogens with zero attached hydrogens (tertiary/aromatic N) is 2. The molecule has 0 saturated carbocycles. The number of rotatable bonds is 7. The topological polar surface area (TPSA) is 61.2 Å². The molecule has 0 amide bonds. The highest BCUT2D eigenvalue weighted by atomic mass is 35.5. The third kappa shape index (κ3) is 5.64. The van der Waals surface area contributed by atoms with E-state index >= 15 is 0 Å². The molecule has 8 heteroatoms. The van der Waals surface area contributed by atoms with Gasteiger partial charge in [-0.05, 0) is 66.9 Å². The van der Waals surface area contributed by atoms with Crippen LogP contribution in [-0.2, 0) is 16.4 Å². The van der Waals surface area contributed by atoms with Crippen LogP contribution in [0.2, 0.25) is 15.1 Å². The van der Waals surface area contributed by atoms with Gasteiger partial charge in [0.05, 0.1) is 16.5 Å². The van der Waals surface area contributed by atoms with Gasteiger partial charge in [-0.2, -0.15) is 9.57 Å². The molecule has 0 spiro atoms. The Hall–Kier alpha value is -2.07. The Morgan fingerprint density at radius 3 is 2.16 bits per heavy atom. The van der Waals surface area contributed by atoms with Crippen LogP contribution in [0, 0.1) is 11.3 Å². The van der Waals surface area contributed by atoms with Gasteiger partial charge in [-0.15, -0.1) is 0 Å². The molecule has 0 N–H and O–H groups in total. The molecule has 3 aromatic carbocycles. The van der Waals surface area contributed by atoms with Crippen molar-refractivity contribution in [1.29, 1.82) is 5.26 Å². The Labute approximate surface area is 204 Å². The second-order valence-corrected chi connectivity index (χ2v) is 10.8. The molecule has 0 aliphatic heterocycles. The molecule has 0 aliphatic carbocycles. The van der Waals surface area contributed by atoms with Gasteiger partial charge in [-0.1, -0.05) is 59.1 Å². The fourth-order valence-electron chi connectivity index (χ4n) is 3.60. The molecule has 0 bridgehead atoms. The maximum atomic E-state index is 13.4. The van der Waals surface area contributed by atoms with Gasteiger partial charge in [0, 0.05) is 34.1 Å². The van der Waals surface area contributed by atoms with Crippen molar-refractivity contribution in [1.82, 2.24) is 4.31 Å². The first-order valence-electron chi connectivity index (χ1n) is 9.80. The van der Waals surface area contributed by atoms with E-state index in [4.69, 9.17) is 34.8 Å². The Morgan fingerprint density at radius 1 is 0.938 bits per heavy atom. The summed E-state index contributed by atoms with van der Waals surface area (Å²) in [6, 6.07) is 20.7. The lowest BCUT2D eigenvalue weighted by atomic mass is 9.86. The summed E-state index contributed by atoms with van der Waals surface area (Å²) in [6.07, 6.45) is 0.559. The van der Waals surface area contributed by atoms with Crippen LogP contribution >= 0.6 is 34.8 Å². The van der Waals surface area contributed by atoms with E-state index in [1.165, 1.54) is 29.6 Å². The molecule has 0 fully saturated rings. The standard InChI is InChI=1S/C24H21Cl3N2O2S/c1-16(29(2)32(30,31)23-13-21(26)12-22(27)14-23)24(11-17-6-8-20(25)9-7-17)19-5-3-4-18(10-19)15-28/h3-10,12-14,16,24H,11H2,1-2H3/t16-,24+/m0/s1. The van der Waals surface area contributed by atoms with Crippen molar-refractivity contribution in [3.8, 4) is 6.07 Å². The highest BCUT2D eigenvalue weighted by molar-refractivity contribution is 7.89. The molecule has 0 radical (unpaired) electrons. The maximum absolute atomic E-state index is 13.4. The number of halogens is 3. The molecule has 0 heterocycles. The van der Waals surface area contributed by atoms with Crippen LogP contribution in [0.5, 0.6) is 0 Å². The van der Waals surface area contributed by atoms with Gasteiger partial charge < -0.3 is 0 Å². The molecular weight excluding hydrogens is 487 g/mol. The van der Waals surface area contributed by atoms with E-state index in [1.807, 2.05) is 25.1 Å². The van der Waals surface area contributed by atoms with Gasteiger partial charge in [-0.3, -0.25) is 0 Å². The summed E-state index contributed by atoms with van der Waals surface area (Å²) in [5.74, 6) is -0.223. The SMILES string of the molecule is C[C@@H]([C@@H](Cc1ccc(Cl)cc1)c1cccc(C#N)c1)N(C)S(=O)(=O)c1cc(Cl)cc(Cl)c1. The Bertz CT molecular complexity index is 1230. The van der Waals surface area contributed by atoms with E-state index in [0.29, 0.717) is 17.0 Å². The van der Waals surface area contributed by atoms with Crippen molar-refractivity contribution < 1.29 is 8.42 Å². The van der Waals surface area contributed by atoms with Crippen molar-refractivity contribution in [2.75, 3.05) is 7.05 Å². The summed E-state index contributed by atoms with van der Waals surface area (Å²) in [5, 5.41) is 10.5. The summed E-state index contributed by atoms with van der Waals surface area (Å²) < 4.78 is 28.1. The molecule has 0 saturated heterocycles. The maximum Gasteiger partial charge on any atom is 0.243 e. The van der Waals surface area contributed by atoms with Crippen molar-refractivity contribution in [2.24, 2.45) is 0 Å². The molecule has 3 rings (SSSR count). The monoisotopic (exact) mass is 506 g/mol. The minimum Gasteiger partial charge on any atom is -0.207 e. The van der Waals surface area contributed by atoms with Gasteiger partial charge in [0.15, 0.2) is 0 Å². The summed E-state index contributed by atoms with van der Waals surface area (Å²) in [4.78, 5) is 0.0281. The third-order valence-electron chi connectivity index (χ3n) is 5.48. The van der Waals surface area contributed by atoms with Crippen molar-refractivity contribution in [3.63, 3.8) is 0 Å². The first kappa shape index (κ1) is 24.6. The van der Waals surface area contributed by atoms with Crippen LogP contribution in [0.25, 0.3) is 0 Å². The minimum atomic E-state index is -3.87. The molecule has 32 heavy (non-hydrogen) atoms. The molecule has 166 valence electrons. The summed E-state index contributed by atoms with van der Waals surface area (Å²) in [5.41, 5.74) is 2.39. The number of sulfonamides is 1. The molecule has 2 atom stereocenters. The van der Waals surface area contributed by atoms with Crippen LogP contribution in [0.15, 0.2) is 71.6 Å². The van der Waals surface area contributed by atoms with E-state index in [1.54, 1.807) is 30.3 Å². The summed E-state index contributed by atoms with van der Waals surface area (Å²) in [6.45, 7) is 1.85. The lowest BCUT2D eigenvalue weighted by Crippen LogP contribution is -2.39. The fourth-order valence-corrected chi connectivity index (χ4v) is 5.85. The third-order valence-corrected chi connectivity index (χ3v) is 8.09. The predicted molar refractivity (Wildman–Crippen MR) is 130 cm³/mol. The average molecular weight is 508 g/mol. The number of hydrogen-bond acceptors (Lipinski definition) is 3. The van der Waals surface area contributed by atoms with E-state index in [9.17, 15) is 13.7 Å². The van der Waals surface area contributed by atoms with Crippen LogP contribution < -0.4 is 0 Å². The molecule has 0 aliphatic rings. The molecule has 4 nitrogen and oxygen atoms in total. The fraction of sp³-hybridized carbons (Fsp3) is 0.208. The average Bonchev–Trinajstić information content (AvgIpc) is 2.77. The van der Waals surface area contributed by atoms with E-state index < -0.39 is 16.1 Å². The molecule has 0 unspecified atom stereocenters. The van der Waals surface area contributed by atoms with Gasteiger partial charge in [0.1, 0.15) is 0 Å². The van der Waals surface area contributed by atoms with Gasteiger partial charge in [0.2, 0.25) is 10.0 Å². The molecular formula is C24H21Cl3N2O2S. The molecule has 3 aromatic rings. The van der Waals surface area contributed by atoms with Crippen LogP contribution in [0.4, 0.5) is 0 Å². The van der Waals surface area contributed by atoms with Crippen LogP contribution in [0.3, 0.4) is 0 Å². The second-order valence-electron chi connectivity index (χ2n) is 7.54. The zero-order valence-corrected chi connectivity index (χ0v) is 20.6. The van der Waals surface area contributed by atoms with Gasteiger partial charge in [-0.25, -0.2) is 8.42 Å². The van der Waals surface area contributed by atoms with Crippen molar-refractivity contribution >= 4 is 44.8 Å². The summed E-state index contributed by atoms with van der Waals surface area (Å²) in [7, 11) is -2.33. The number of hydrogen-bond donors (Lipinski definition) is 0. The van der Waals surface area contributed by atoms with E-state index in [2.05, 4.69) is 6.07 Å². The van der Waals surface area contributed by atoms with Gasteiger partial charge in [0.25, 0.3) is 0 Å². The van der Waals surface area contributed by atoms with Crippen LogP contribution in [0.1, 0.15) is 29.5 Å². The number of nitriles is 1. The zero-order valence-electron chi connectivity index (χ0n) is 17.5. The quantitative estimate of drug-likeness (QED) is 0.364. The zero-order chi connectivity index (χ0) is 23.5. The van der Waals surface area contributed by atoms with E-state index in [0.717, 1.165) is 11.1 Å². The lowest BCUT2D eigenvalue weighted by molar-refractivity contribution is 0.337. The van der Waals surface area contributed by atoms with E-state index in [-0.39, 0.29) is 20.9 Å². The lowest BCUT2D eigenvalue weighted by Gasteiger charge is -2.32. The minimum absolute atomic E-state index is 0.0281. The van der Waals surface area contributed by atoms with Gasteiger partial charge >= 0.3 is 0 Å². The Balaban J connectivity index is 2.02. The molecule has 0 aromatic heterocycles. The summed E-state index contributed by atoms with van der Waals surface area (Å²) >= 11 is 18.1. The number of benzene rings is 3. The predicted octanol–water partition coefficient (Wildman–Crippen LogP) is 6.55. The largest absolute Gasteiger partial charge is 0.243 e. The second kappa shape index (κ2) is 10.2. The first-order chi connectivity index (χ1) is 15.1. The highest BCUT2D eigenvalue weighted by Crippen LogP contribution is 2.32. The Kier molecular flexibility index (Phi) is 7.87. The first-order valence-corrected chi connectivity index (χ1v) is 12.4. The van der Waals surface area contributed by atoms with Crippen molar-refractivity contribution in [2.45, 2.75) is 30.2 Å². The Morgan fingerprint density at radius 2 is 1.56 bits per heavy atom. The highest BCUT2D eigenvalue weighted by Gasteiger charge is 2.32. The van der Waals surface area contributed by atoms with Crippen molar-refractivity contribution in [3.05, 3.63) is 98.5 Å². The van der Waals surface area contributed by atoms with Crippen LogP contribution in [-0.4, -0.2) is 25.8 Å². The normalized spacial score (nSPS) is 13.5. The number of likely N-dealkylation sites (N-methyl/N-ethyl adjacent to an activating group) is 1.